The van der Waals surface area contributed by atoms with E-state index < -0.39 is 0 Å². The maximum Gasteiger partial charge on any atom is 0.267 e. The summed E-state index contributed by atoms with van der Waals surface area (Å²) in [4.78, 5) is 15.1. The first kappa shape index (κ1) is 16.8. The number of carbonyl (C=O) groups excluding carboxylic acids is 1. The molecular weight excluding hydrogens is 316 g/mol. The van der Waals surface area contributed by atoms with Gasteiger partial charge in [-0.25, -0.2) is 0 Å². The van der Waals surface area contributed by atoms with Crippen molar-refractivity contribution in [2.45, 2.75) is 44.8 Å². The first-order valence-electron chi connectivity index (χ1n) is 8.22. The van der Waals surface area contributed by atoms with Crippen molar-refractivity contribution in [3.8, 4) is 0 Å². The Labute approximate surface area is 140 Å². The van der Waals surface area contributed by atoms with Crippen LogP contribution >= 0.6 is 11.5 Å². The van der Waals surface area contributed by atoms with Crippen LogP contribution in [0.25, 0.3) is 0 Å². The van der Waals surface area contributed by atoms with Crippen LogP contribution in [0.15, 0.2) is 0 Å². The first-order valence-corrected chi connectivity index (χ1v) is 9.00. The van der Waals surface area contributed by atoms with Crippen molar-refractivity contribution < 1.29 is 14.6 Å². The zero-order chi connectivity index (χ0) is 16.4. The van der Waals surface area contributed by atoms with Gasteiger partial charge in [-0.1, -0.05) is 11.4 Å². The van der Waals surface area contributed by atoms with Crippen molar-refractivity contribution in [3.63, 3.8) is 0 Å². The molecule has 2 fully saturated rings. The monoisotopic (exact) mass is 340 g/mol. The zero-order valence-corrected chi connectivity index (χ0v) is 14.2. The second kappa shape index (κ2) is 6.80. The smallest absolute Gasteiger partial charge is 0.267 e. The van der Waals surface area contributed by atoms with Crippen LogP contribution < -0.4 is 5.73 Å². The van der Waals surface area contributed by atoms with Gasteiger partial charge in [0.2, 0.25) is 0 Å². The lowest BCUT2D eigenvalue weighted by Crippen LogP contribution is -2.62. The Morgan fingerprint density at radius 2 is 2.26 bits per heavy atom. The van der Waals surface area contributed by atoms with E-state index in [2.05, 4.69) is 9.59 Å². The first-order chi connectivity index (χ1) is 11.1. The molecule has 1 saturated heterocycles. The Morgan fingerprint density at radius 3 is 2.87 bits per heavy atom. The van der Waals surface area contributed by atoms with Crippen molar-refractivity contribution in [3.05, 3.63) is 10.6 Å². The molecule has 1 aliphatic heterocycles. The van der Waals surface area contributed by atoms with Gasteiger partial charge in [-0.05, 0) is 30.8 Å². The van der Waals surface area contributed by atoms with E-state index in [-0.39, 0.29) is 23.5 Å². The van der Waals surface area contributed by atoms with Gasteiger partial charge in [-0.15, -0.1) is 5.10 Å². The Balaban J connectivity index is 1.63. The van der Waals surface area contributed by atoms with E-state index >= 15 is 0 Å². The number of aliphatic hydroxyl groups excluding tert-OH is 1. The number of carbonyl (C=O) groups is 1. The third-order valence-electron chi connectivity index (χ3n) is 5.25. The lowest BCUT2D eigenvalue weighted by molar-refractivity contribution is -0.207. The Kier molecular flexibility index (Phi) is 4.96. The summed E-state index contributed by atoms with van der Waals surface area (Å²) in [5, 5.41) is 14.3. The number of likely N-dealkylation sites (tertiary alicyclic amines) is 1. The number of hydrogen-bond acceptors (Lipinski definition) is 7. The van der Waals surface area contributed by atoms with Crippen molar-refractivity contribution in [1.29, 1.82) is 0 Å². The maximum absolute atomic E-state index is 12.6. The largest absolute Gasteiger partial charge is 0.392 e. The topological polar surface area (TPSA) is 102 Å². The van der Waals surface area contributed by atoms with Gasteiger partial charge in [0.05, 0.1) is 24.5 Å². The quantitative estimate of drug-likeness (QED) is 0.806. The van der Waals surface area contributed by atoms with Crippen molar-refractivity contribution >= 4 is 17.4 Å². The molecule has 0 bridgehead atoms. The van der Waals surface area contributed by atoms with Crippen LogP contribution in [0.3, 0.4) is 0 Å². The molecule has 128 valence electrons. The molecule has 7 nitrogen and oxygen atoms in total. The van der Waals surface area contributed by atoms with E-state index in [9.17, 15) is 9.90 Å². The second-order valence-corrected chi connectivity index (χ2v) is 7.08. The van der Waals surface area contributed by atoms with E-state index in [1.165, 1.54) is 11.5 Å². The number of nitrogens with two attached hydrogens (primary N) is 1. The van der Waals surface area contributed by atoms with Gasteiger partial charge >= 0.3 is 0 Å². The minimum atomic E-state index is -0.334. The Hall–Kier alpha value is -1.09. The number of ether oxygens (including phenoxy) is 1. The lowest BCUT2D eigenvalue weighted by Gasteiger charge is -2.56. The van der Waals surface area contributed by atoms with Gasteiger partial charge in [0, 0.05) is 31.5 Å². The summed E-state index contributed by atoms with van der Waals surface area (Å²) >= 11 is 1.17. The fourth-order valence-electron chi connectivity index (χ4n) is 3.70. The molecule has 2 atom stereocenters. The molecule has 3 rings (SSSR count). The maximum atomic E-state index is 12.6. The Morgan fingerprint density at radius 1 is 1.52 bits per heavy atom. The molecule has 1 aromatic rings. The molecule has 2 unspecified atom stereocenters. The SMILES string of the molecule is CCc1nnsc1C(=O)N1CCC2(CC1)C(O)CC2OCCN. The van der Waals surface area contributed by atoms with Crippen molar-refractivity contribution in [1.82, 2.24) is 14.5 Å². The highest BCUT2D eigenvalue weighted by molar-refractivity contribution is 7.08. The normalized spacial score (nSPS) is 26.3. The van der Waals surface area contributed by atoms with Crippen LogP contribution in [0.5, 0.6) is 0 Å². The molecule has 1 saturated carbocycles. The minimum Gasteiger partial charge on any atom is -0.392 e. The molecule has 8 heteroatoms. The van der Waals surface area contributed by atoms with Crippen LogP contribution in [-0.2, 0) is 11.2 Å². The highest BCUT2D eigenvalue weighted by atomic mass is 32.1. The summed E-state index contributed by atoms with van der Waals surface area (Å²) in [6, 6.07) is 0. The molecule has 2 heterocycles. The molecule has 1 aromatic heterocycles. The third kappa shape index (κ3) is 2.88. The van der Waals surface area contributed by atoms with E-state index in [4.69, 9.17) is 10.5 Å². The molecule has 1 aliphatic carbocycles. The van der Waals surface area contributed by atoms with Gasteiger partial charge < -0.3 is 20.5 Å². The third-order valence-corrected chi connectivity index (χ3v) is 6.00. The second-order valence-electron chi connectivity index (χ2n) is 6.33. The number of hydrogen-bond donors (Lipinski definition) is 2. The van der Waals surface area contributed by atoms with Gasteiger partial charge in [0.25, 0.3) is 5.91 Å². The standard InChI is InChI=1S/C15H24N4O3S/c1-2-10-13(23-18-17-10)14(21)19-6-3-15(4-7-19)11(20)9-12(15)22-8-5-16/h11-12,20H,2-9,16H2,1H3. The summed E-state index contributed by atoms with van der Waals surface area (Å²) in [6.07, 6.45) is 2.65. The number of aryl methyl sites for hydroxylation is 1. The lowest BCUT2D eigenvalue weighted by atomic mass is 9.58. The van der Waals surface area contributed by atoms with Gasteiger partial charge in [-0.3, -0.25) is 4.79 Å². The summed E-state index contributed by atoms with van der Waals surface area (Å²) < 4.78 is 9.68. The van der Waals surface area contributed by atoms with Crippen LogP contribution in [-0.4, -0.2) is 63.9 Å². The van der Waals surface area contributed by atoms with Crippen LogP contribution in [0.1, 0.15) is 41.6 Å². The molecule has 2 aliphatic rings. The summed E-state index contributed by atoms with van der Waals surface area (Å²) in [5.41, 5.74) is 6.07. The van der Waals surface area contributed by atoms with E-state index in [0.717, 1.165) is 18.5 Å². The fraction of sp³-hybridized carbons (Fsp3) is 0.800. The molecule has 23 heavy (non-hydrogen) atoms. The molecular formula is C15H24N4O3S. The number of nitrogens with zero attached hydrogens (tertiary/aromatic N) is 3. The number of rotatable bonds is 5. The fourth-order valence-corrected chi connectivity index (χ4v) is 4.42. The summed E-state index contributed by atoms with van der Waals surface area (Å²) in [6.45, 7) is 4.27. The summed E-state index contributed by atoms with van der Waals surface area (Å²) in [5.74, 6) is 0.0138. The van der Waals surface area contributed by atoms with E-state index in [1.54, 1.807) is 0 Å². The number of amides is 1. The Bertz CT molecular complexity index is 557. The highest BCUT2D eigenvalue weighted by Crippen LogP contribution is 2.51. The van der Waals surface area contributed by atoms with Crippen LogP contribution in [0, 0.1) is 5.41 Å². The number of aliphatic hydroxyl groups is 1. The molecule has 3 N–H and O–H groups in total. The van der Waals surface area contributed by atoms with Gasteiger partial charge in [0.15, 0.2) is 0 Å². The highest BCUT2D eigenvalue weighted by Gasteiger charge is 2.56. The van der Waals surface area contributed by atoms with E-state index in [1.807, 2.05) is 11.8 Å². The number of piperidine rings is 1. The van der Waals surface area contributed by atoms with E-state index in [0.29, 0.717) is 44.0 Å². The molecule has 0 radical (unpaired) electrons. The zero-order valence-electron chi connectivity index (χ0n) is 13.4. The van der Waals surface area contributed by atoms with Crippen molar-refractivity contribution in [2.24, 2.45) is 11.1 Å². The van der Waals surface area contributed by atoms with Crippen molar-refractivity contribution in [2.75, 3.05) is 26.2 Å². The number of aromatic nitrogens is 2. The average molecular weight is 340 g/mol. The minimum absolute atomic E-state index is 0.0138. The molecule has 1 spiro atoms. The van der Waals surface area contributed by atoms with Crippen LogP contribution in [0.2, 0.25) is 0 Å². The molecule has 0 aromatic carbocycles. The van der Waals surface area contributed by atoms with Gasteiger partial charge in [-0.2, -0.15) is 0 Å². The predicted molar refractivity (Wildman–Crippen MR) is 86.3 cm³/mol. The predicted octanol–water partition coefficient (Wildman–Crippen LogP) is 0.431. The van der Waals surface area contributed by atoms with Gasteiger partial charge in [0.1, 0.15) is 4.88 Å². The molecule has 1 amide bonds. The van der Waals surface area contributed by atoms with Crippen LogP contribution in [0.4, 0.5) is 0 Å². The average Bonchev–Trinajstić information content (AvgIpc) is 3.06. The summed E-state index contributed by atoms with van der Waals surface area (Å²) in [7, 11) is 0.